The molecule has 0 aliphatic carbocycles. The normalized spacial score (nSPS) is 10.6. The standard InChI is InChI=1S/C23H24N2O3S/c1-15-8-10-19(11-9-15)25-16(2)12-21(17(25)3)23(27)28-14-22(26)24-18-6-5-7-20(13-18)29-4/h5-13H,14H2,1-4H3,(H,24,26). The molecule has 5 nitrogen and oxygen atoms in total. The highest BCUT2D eigenvalue weighted by atomic mass is 32.2. The van der Waals surface area contributed by atoms with E-state index in [0.717, 1.165) is 22.0 Å². The summed E-state index contributed by atoms with van der Waals surface area (Å²) in [6, 6.07) is 17.4. The SMILES string of the molecule is CSc1cccc(NC(=O)COC(=O)c2cc(C)n(-c3ccc(C)cc3)c2C)c1. The van der Waals surface area contributed by atoms with Crippen molar-refractivity contribution < 1.29 is 14.3 Å². The minimum Gasteiger partial charge on any atom is -0.452 e. The highest BCUT2D eigenvalue weighted by Crippen LogP contribution is 2.22. The van der Waals surface area contributed by atoms with Crippen LogP contribution in [0.4, 0.5) is 5.69 Å². The predicted molar refractivity (Wildman–Crippen MR) is 117 cm³/mol. The van der Waals surface area contributed by atoms with Crippen molar-refractivity contribution in [2.75, 3.05) is 18.2 Å². The van der Waals surface area contributed by atoms with Gasteiger partial charge in [-0.15, -0.1) is 11.8 Å². The van der Waals surface area contributed by atoms with Gasteiger partial charge in [0.2, 0.25) is 0 Å². The Labute approximate surface area is 175 Å². The fourth-order valence-corrected chi connectivity index (χ4v) is 3.63. The van der Waals surface area contributed by atoms with Gasteiger partial charge < -0.3 is 14.6 Å². The largest absolute Gasteiger partial charge is 0.452 e. The third kappa shape index (κ3) is 4.90. The van der Waals surface area contributed by atoms with Crippen LogP contribution in [0.3, 0.4) is 0 Å². The molecule has 150 valence electrons. The molecule has 0 aliphatic heterocycles. The highest BCUT2D eigenvalue weighted by molar-refractivity contribution is 7.98. The molecule has 1 amide bonds. The lowest BCUT2D eigenvalue weighted by molar-refractivity contribution is -0.119. The van der Waals surface area contributed by atoms with E-state index in [4.69, 9.17) is 4.74 Å². The lowest BCUT2D eigenvalue weighted by Gasteiger charge is -2.10. The van der Waals surface area contributed by atoms with Crippen molar-refractivity contribution in [1.29, 1.82) is 0 Å². The van der Waals surface area contributed by atoms with Gasteiger partial charge in [-0.1, -0.05) is 23.8 Å². The zero-order valence-electron chi connectivity index (χ0n) is 17.0. The number of thioether (sulfide) groups is 1. The monoisotopic (exact) mass is 408 g/mol. The van der Waals surface area contributed by atoms with Crippen LogP contribution in [0.25, 0.3) is 5.69 Å². The van der Waals surface area contributed by atoms with E-state index in [0.29, 0.717) is 11.3 Å². The Balaban J connectivity index is 1.67. The van der Waals surface area contributed by atoms with E-state index in [1.54, 1.807) is 23.9 Å². The number of nitrogens with one attached hydrogen (secondary N) is 1. The molecular formula is C23H24N2O3S. The summed E-state index contributed by atoms with van der Waals surface area (Å²) in [4.78, 5) is 25.8. The zero-order valence-corrected chi connectivity index (χ0v) is 17.8. The van der Waals surface area contributed by atoms with E-state index < -0.39 is 5.97 Å². The number of aryl methyl sites for hydroxylation is 2. The van der Waals surface area contributed by atoms with E-state index in [1.165, 1.54) is 5.56 Å². The van der Waals surface area contributed by atoms with Crippen LogP contribution < -0.4 is 5.32 Å². The van der Waals surface area contributed by atoms with E-state index >= 15 is 0 Å². The van der Waals surface area contributed by atoms with Crippen LogP contribution in [-0.4, -0.2) is 29.3 Å². The van der Waals surface area contributed by atoms with Crippen molar-refractivity contribution in [3.05, 3.63) is 77.1 Å². The molecule has 29 heavy (non-hydrogen) atoms. The summed E-state index contributed by atoms with van der Waals surface area (Å²) < 4.78 is 7.26. The van der Waals surface area contributed by atoms with Crippen molar-refractivity contribution in [2.24, 2.45) is 0 Å². The Kier molecular flexibility index (Phi) is 6.44. The summed E-state index contributed by atoms with van der Waals surface area (Å²) in [5.41, 5.74) is 5.00. The number of amides is 1. The fourth-order valence-electron chi connectivity index (χ4n) is 3.17. The fraction of sp³-hybridized carbons (Fsp3) is 0.217. The first kappa shape index (κ1) is 20.7. The van der Waals surface area contributed by atoms with Gasteiger partial charge in [-0.3, -0.25) is 4.79 Å². The molecule has 1 heterocycles. The summed E-state index contributed by atoms with van der Waals surface area (Å²) in [6.45, 7) is 5.51. The molecule has 0 aliphatic rings. The first-order valence-electron chi connectivity index (χ1n) is 9.26. The van der Waals surface area contributed by atoms with Crippen molar-refractivity contribution >= 4 is 29.3 Å². The van der Waals surface area contributed by atoms with Crippen LogP contribution >= 0.6 is 11.8 Å². The van der Waals surface area contributed by atoms with E-state index in [9.17, 15) is 9.59 Å². The quantitative estimate of drug-likeness (QED) is 0.465. The van der Waals surface area contributed by atoms with Crippen LogP contribution in [-0.2, 0) is 9.53 Å². The lowest BCUT2D eigenvalue weighted by atomic mass is 10.2. The second-order valence-electron chi connectivity index (χ2n) is 6.81. The van der Waals surface area contributed by atoms with Gasteiger partial charge in [-0.2, -0.15) is 0 Å². The number of anilines is 1. The molecule has 0 saturated carbocycles. The molecule has 6 heteroatoms. The Morgan fingerprint density at radius 1 is 1.03 bits per heavy atom. The lowest BCUT2D eigenvalue weighted by Crippen LogP contribution is -2.21. The number of aromatic nitrogens is 1. The zero-order chi connectivity index (χ0) is 21.0. The average molecular weight is 409 g/mol. The summed E-state index contributed by atoms with van der Waals surface area (Å²) in [5.74, 6) is -0.881. The summed E-state index contributed by atoms with van der Waals surface area (Å²) in [5, 5.41) is 2.75. The van der Waals surface area contributed by atoms with E-state index in [2.05, 4.69) is 5.32 Å². The second-order valence-corrected chi connectivity index (χ2v) is 7.69. The number of benzene rings is 2. The summed E-state index contributed by atoms with van der Waals surface area (Å²) >= 11 is 1.59. The van der Waals surface area contributed by atoms with Gasteiger partial charge in [0.1, 0.15) is 0 Å². The topological polar surface area (TPSA) is 60.3 Å². The molecule has 0 unspecified atom stereocenters. The number of carbonyl (C=O) groups excluding carboxylic acids is 2. The van der Waals surface area contributed by atoms with Gasteiger partial charge in [-0.25, -0.2) is 4.79 Å². The molecule has 0 bridgehead atoms. The number of nitrogens with zero attached hydrogens (tertiary/aromatic N) is 1. The van der Waals surface area contributed by atoms with Crippen LogP contribution in [0, 0.1) is 20.8 Å². The Morgan fingerprint density at radius 2 is 1.76 bits per heavy atom. The predicted octanol–water partition coefficient (Wildman–Crippen LogP) is 4.92. The number of hydrogen-bond acceptors (Lipinski definition) is 4. The third-order valence-corrected chi connectivity index (χ3v) is 5.36. The molecule has 3 rings (SSSR count). The number of ether oxygens (including phenoxy) is 1. The van der Waals surface area contributed by atoms with Crippen molar-refractivity contribution in [3.8, 4) is 5.69 Å². The van der Waals surface area contributed by atoms with E-state index in [-0.39, 0.29) is 12.5 Å². The minimum absolute atomic E-state index is 0.337. The maximum atomic E-state index is 12.6. The summed E-state index contributed by atoms with van der Waals surface area (Å²) in [6.07, 6.45) is 1.97. The van der Waals surface area contributed by atoms with Gasteiger partial charge in [0.05, 0.1) is 5.56 Å². The molecule has 1 aromatic heterocycles. The molecule has 3 aromatic rings. The number of esters is 1. The maximum absolute atomic E-state index is 12.6. The Morgan fingerprint density at radius 3 is 2.45 bits per heavy atom. The number of hydrogen-bond donors (Lipinski definition) is 1. The van der Waals surface area contributed by atoms with Gasteiger partial charge in [0.25, 0.3) is 5.91 Å². The molecule has 1 N–H and O–H groups in total. The van der Waals surface area contributed by atoms with E-state index in [1.807, 2.05) is 74.1 Å². The van der Waals surface area contributed by atoms with Crippen LogP contribution in [0.1, 0.15) is 27.3 Å². The van der Waals surface area contributed by atoms with Crippen LogP contribution in [0.2, 0.25) is 0 Å². The molecule has 0 atom stereocenters. The molecular weight excluding hydrogens is 384 g/mol. The van der Waals surface area contributed by atoms with Gasteiger partial charge in [0.15, 0.2) is 6.61 Å². The molecule has 2 aromatic carbocycles. The van der Waals surface area contributed by atoms with Crippen LogP contribution in [0.15, 0.2) is 59.5 Å². The first-order chi connectivity index (χ1) is 13.9. The molecule has 0 fully saturated rings. The Bertz CT molecular complexity index is 1040. The molecule has 0 spiro atoms. The van der Waals surface area contributed by atoms with Crippen molar-refractivity contribution in [3.63, 3.8) is 0 Å². The second kappa shape index (κ2) is 9.01. The smallest absolute Gasteiger partial charge is 0.340 e. The minimum atomic E-state index is -0.510. The van der Waals surface area contributed by atoms with Crippen LogP contribution in [0.5, 0.6) is 0 Å². The molecule has 0 saturated heterocycles. The number of carbonyl (C=O) groups is 2. The van der Waals surface area contributed by atoms with Gasteiger partial charge in [0, 0.05) is 27.7 Å². The third-order valence-electron chi connectivity index (χ3n) is 4.63. The summed E-state index contributed by atoms with van der Waals surface area (Å²) in [7, 11) is 0. The Hall–Kier alpha value is -2.99. The van der Waals surface area contributed by atoms with Gasteiger partial charge >= 0.3 is 5.97 Å². The number of rotatable bonds is 6. The first-order valence-corrected chi connectivity index (χ1v) is 10.5. The average Bonchev–Trinajstić information content (AvgIpc) is 3.01. The molecule has 0 radical (unpaired) electrons. The van der Waals surface area contributed by atoms with Gasteiger partial charge in [-0.05, 0) is 63.4 Å². The van der Waals surface area contributed by atoms with Crippen molar-refractivity contribution in [1.82, 2.24) is 4.57 Å². The highest BCUT2D eigenvalue weighted by Gasteiger charge is 2.19. The van der Waals surface area contributed by atoms with Crippen molar-refractivity contribution in [2.45, 2.75) is 25.7 Å². The maximum Gasteiger partial charge on any atom is 0.340 e.